The lowest BCUT2D eigenvalue weighted by Gasteiger charge is -2.02. The van der Waals surface area contributed by atoms with Crippen LogP contribution in [0.5, 0.6) is 0 Å². The highest BCUT2D eigenvalue weighted by molar-refractivity contribution is 5.98. The maximum Gasteiger partial charge on any atom is 0.159 e. The Labute approximate surface area is 110 Å². The van der Waals surface area contributed by atoms with Gasteiger partial charge in [0.1, 0.15) is 0 Å². The monoisotopic (exact) mass is 251 g/mol. The van der Waals surface area contributed by atoms with E-state index in [1.807, 2.05) is 37.6 Å². The van der Waals surface area contributed by atoms with E-state index in [9.17, 15) is 4.79 Å². The van der Waals surface area contributed by atoms with Crippen molar-refractivity contribution in [1.82, 2.24) is 14.8 Å². The summed E-state index contributed by atoms with van der Waals surface area (Å²) < 4.78 is 1.76. The molecule has 0 radical (unpaired) electrons. The SMILES string of the molecule is CC(=O)c1ccc2ncc(-c3cnn(C)c3)cc2c1. The van der Waals surface area contributed by atoms with Gasteiger partial charge in [0, 0.05) is 41.5 Å². The minimum Gasteiger partial charge on any atom is -0.295 e. The Kier molecular flexibility index (Phi) is 2.63. The Balaban J connectivity index is 2.16. The molecule has 2 aromatic heterocycles. The number of carbonyl (C=O) groups excluding carboxylic acids is 1. The van der Waals surface area contributed by atoms with Crippen LogP contribution in [-0.2, 0) is 7.05 Å². The van der Waals surface area contributed by atoms with Crippen molar-refractivity contribution < 1.29 is 4.79 Å². The van der Waals surface area contributed by atoms with E-state index in [0.717, 1.165) is 22.0 Å². The molecule has 4 nitrogen and oxygen atoms in total. The number of ketones is 1. The highest BCUT2D eigenvalue weighted by Gasteiger charge is 2.05. The summed E-state index contributed by atoms with van der Waals surface area (Å²) in [5, 5.41) is 5.12. The van der Waals surface area contributed by atoms with E-state index in [1.165, 1.54) is 0 Å². The van der Waals surface area contributed by atoms with E-state index in [0.29, 0.717) is 5.56 Å². The van der Waals surface area contributed by atoms with Gasteiger partial charge in [-0.2, -0.15) is 5.10 Å². The lowest BCUT2D eigenvalue weighted by molar-refractivity contribution is 0.101. The largest absolute Gasteiger partial charge is 0.295 e. The summed E-state index contributed by atoms with van der Waals surface area (Å²) >= 11 is 0. The molecule has 94 valence electrons. The number of carbonyl (C=O) groups is 1. The van der Waals surface area contributed by atoms with E-state index in [-0.39, 0.29) is 5.78 Å². The number of nitrogens with zero attached hydrogens (tertiary/aromatic N) is 3. The van der Waals surface area contributed by atoms with Gasteiger partial charge in [0.2, 0.25) is 0 Å². The van der Waals surface area contributed by atoms with Crippen molar-refractivity contribution in [3.8, 4) is 11.1 Å². The second-order valence-electron chi connectivity index (χ2n) is 4.59. The van der Waals surface area contributed by atoms with Gasteiger partial charge in [0.25, 0.3) is 0 Å². The number of aryl methyl sites for hydroxylation is 1. The van der Waals surface area contributed by atoms with Crippen LogP contribution in [0.2, 0.25) is 0 Å². The van der Waals surface area contributed by atoms with Crippen molar-refractivity contribution in [3.63, 3.8) is 0 Å². The quantitative estimate of drug-likeness (QED) is 0.658. The minimum atomic E-state index is 0.0636. The van der Waals surface area contributed by atoms with Gasteiger partial charge >= 0.3 is 0 Å². The number of aromatic nitrogens is 3. The molecular formula is C15H13N3O. The molecule has 0 aliphatic heterocycles. The minimum absolute atomic E-state index is 0.0636. The van der Waals surface area contributed by atoms with Crippen molar-refractivity contribution in [2.24, 2.45) is 7.05 Å². The molecule has 0 saturated carbocycles. The first kappa shape index (κ1) is 11.6. The third kappa shape index (κ3) is 2.12. The molecule has 1 aromatic carbocycles. The van der Waals surface area contributed by atoms with Crippen LogP contribution in [-0.4, -0.2) is 20.5 Å². The lowest BCUT2D eigenvalue weighted by Crippen LogP contribution is -1.92. The summed E-state index contributed by atoms with van der Waals surface area (Å²) in [6, 6.07) is 7.59. The molecule has 0 amide bonds. The molecule has 0 N–H and O–H groups in total. The van der Waals surface area contributed by atoms with Crippen molar-refractivity contribution in [3.05, 3.63) is 48.4 Å². The van der Waals surface area contributed by atoms with Crippen LogP contribution in [0, 0.1) is 0 Å². The fourth-order valence-corrected chi connectivity index (χ4v) is 2.08. The van der Waals surface area contributed by atoms with Crippen LogP contribution in [0.1, 0.15) is 17.3 Å². The van der Waals surface area contributed by atoms with Gasteiger partial charge < -0.3 is 0 Å². The zero-order valence-electron chi connectivity index (χ0n) is 10.8. The zero-order chi connectivity index (χ0) is 13.4. The van der Waals surface area contributed by atoms with E-state index in [1.54, 1.807) is 23.9 Å². The number of hydrogen-bond acceptors (Lipinski definition) is 3. The molecule has 19 heavy (non-hydrogen) atoms. The Morgan fingerprint density at radius 1 is 1.16 bits per heavy atom. The van der Waals surface area contributed by atoms with E-state index in [4.69, 9.17) is 0 Å². The summed E-state index contributed by atoms with van der Waals surface area (Å²) in [5.74, 6) is 0.0636. The average Bonchev–Trinajstić information content (AvgIpc) is 2.84. The van der Waals surface area contributed by atoms with Crippen LogP contribution in [0.15, 0.2) is 42.9 Å². The van der Waals surface area contributed by atoms with Crippen LogP contribution in [0.4, 0.5) is 0 Å². The molecule has 2 heterocycles. The number of benzene rings is 1. The Hall–Kier alpha value is -2.49. The number of fused-ring (bicyclic) bond motifs is 1. The van der Waals surface area contributed by atoms with Crippen LogP contribution < -0.4 is 0 Å². The molecule has 4 heteroatoms. The molecular weight excluding hydrogens is 238 g/mol. The van der Waals surface area contributed by atoms with Crippen LogP contribution >= 0.6 is 0 Å². The molecule has 3 aromatic rings. The first-order chi connectivity index (χ1) is 9.13. The summed E-state index contributed by atoms with van der Waals surface area (Å²) in [6.45, 7) is 1.57. The molecule has 0 fully saturated rings. The number of hydrogen-bond donors (Lipinski definition) is 0. The standard InChI is InChI=1S/C15H13N3O/c1-10(19)11-3-4-15-12(5-11)6-13(7-16-15)14-8-17-18(2)9-14/h3-9H,1-2H3. The number of Topliss-reactive ketones (excluding diaryl/α,β-unsaturated/α-hetero) is 1. The third-order valence-electron chi connectivity index (χ3n) is 3.13. The van der Waals surface area contributed by atoms with Gasteiger partial charge in [0.05, 0.1) is 11.7 Å². The fourth-order valence-electron chi connectivity index (χ4n) is 2.08. The summed E-state index contributed by atoms with van der Waals surface area (Å²) in [6.07, 6.45) is 5.57. The maximum absolute atomic E-state index is 11.4. The topological polar surface area (TPSA) is 47.8 Å². The molecule has 3 rings (SSSR count). The van der Waals surface area contributed by atoms with E-state index >= 15 is 0 Å². The Morgan fingerprint density at radius 3 is 2.68 bits per heavy atom. The van der Waals surface area contributed by atoms with Crippen molar-refractivity contribution in [1.29, 1.82) is 0 Å². The molecule has 0 atom stereocenters. The van der Waals surface area contributed by atoms with Crippen LogP contribution in [0.25, 0.3) is 22.0 Å². The first-order valence-corrected chi connectivity index (χ1v) is 6.03. The second-order valence-corrected chi connectivity index (χ2v) is 4.59. The molecule has 0 spiro atoms. The second kappa shape index (κ2) is 4.31. The van der Waals surface area contributed by atoms with Gasteiger partial charge in [-0.3, -0.25) is 14.5 Å². The third-order valence-corrected chi connectivity index (χ3v) is 3.13. The van der Waals surface area contributed by atoms with E-state index < -0.39 is 0 Å². The predicted octanol–water partition coefficient (Wildman–Crippen LogP) is 2.84. The van der Waals surface area contributed by atoms with Gasteiger partial charge in [0.15, 0.2) is 5.78 Å². The Morgan fingerprint density at radius 2 is 2.00 bits per heavy atom. The van der Waals surface area contributed by atoms with E-state index in [2.05, 4.69) is 10.1 Å². The lowest BCUT2D eigenvalue weighted by atomic mass is 10.1. The highest BCUT2D eigenvalue weighted by atomic mass is 16.1. The maximum atomic E-state index is 11.4. The average molecular weight is 251 g/mol. The first-order valence-electron chi connectivity index (χ1n) is 6.03. The summed E-state index contributed by atoms with van der Waals surface area (Å²) in [5.41, 5.74) is 3.61. The Bertz CT molecular complexity index is 774. The van der Waals surface area contributed by atoms with Gasteiger partial charge in [-0.15, -0.1) is 0 Å². The molecule has 0 unspecified atom stereocenters. The van der Waals surface area contributed by atoms with Crippen molar-refractivity contribution in [2.45, 2.75) is 6.92 Å². The number of pyridine rings is 1. The van der Waals surface area contributed by atoms with Gasteiger partial charge in [-0.1, -0.05) is 0 Å². The smallest absolute Gasteiger partial charge is 0.159 e. The summed E-state index contributed by atoms with van der Waals surface area (Å²) in [7, 11) is 1.88. The molecule has 0 saturated heterocycles. The van der Waals surface area contributed by atoms with Crippen molar-refractivity contribution >= 4 is 16.7 Å². The zero-order valence-corrected chi connectivity index (χ0v) is 10.8. The normalized spacial score (nSPS) is 10.8. The molecule has 0 aliphatic carbocycles. The molecule has 0 bridgehead atoms. The molecule has 0 aliphatic rings. The number of rotatable bonds is 2. The fraction of sp³-hybridized carbons (Fsp3) is 0.133. The van der Waals surface area contributed by atoms with Crippen LogP contribution in [0.3, 0.4) is 0 Å². The predicted molar refractivity (Wildman–Crippen MR) is 73.9 cm³/mol. The highest BCUT2D eigenvalue weighted by Crippen LogP contribution is 2.23. The van der Waals surface area contributed by atoms with Gasteiger partial charge in [-0.25, -0.2) is 0 Å². The van der Waals surface area contributed by atoms with Crippen molar-refractivity contribution in [2.75, 3.05) is 0 Å². The van der Waals surface area contributed by atoms with Gasteiger partial charge in [-0.05, 0) is 31.2 Å². The summed E-state index contributed by atoms with van der Waals surface area (Å²) in [4.78, 5) is 15.8.